The van der Waals surface area contributed by atoms with Gasteiger partial charge in [-0.3, -0.25) is 4.79 Å². The summed E-state index contributed by atoms with van der Waals surface area (Å²) in [5.74, 6) is -0.587. The van der Waals surface area contributed by atoms with E-state index >= 15 is 0 Å². The van der Waals surface area contributed by atoms with Gasteiger partial charge in [0.2, 0.25) is 0 Å². The van der Waals surface area contributed by atoms with Gasteiger partial charge in [0.05, 0.1) is 0 Å². The number of benzene rings is 1. The van der Waals surface area contributed by atoms with Crippen LogP contribution in [0.3, 0.4) is 0 Å². The summed E-state index contributed by atoms with van der Waals surface area (Å²) in [5, 5.41) is 0.399. The number of carbonyl (C=O) groups is 1. The van der Waals surface area contributed by atoms with Gasteiger partial charge >= 0.3 is 5.97 Å². The standard InChI is InChI=1S/C15H13ClFNO2/c16-14-7-3-12(9-18-14)10-20-15(19)8-4-11-1-5-13(17)6-2-11/h1-3,5-7,9H,4,8,10H2. The second kappa shape index (κ2) is 7.01. The van der Waals surface area contributed by atoms with Crippen LogP contribution >= 0.6 is 11.6 Å². The van der Waals surface area contributed by atoms with Gasteiger partial charge < -0.3 is 4.74 Å². The Kier molecular flexibility index (Phi) is 5.07. The Morgan fingerprint density at radius 1 is 1.15 bits per heavy atom. The van der Waals surface area contributed by atoms with E-state index in [0.717, 1.165) is 11.1 Å². The lowest BCUT2D eigenvalue weighted by Crippen LogP contribution is -2.06. The minimum absolute atomic E-state index is 0.173. The first-order chi connectivity index (χ1) is 9.63. The van der Waals surface area contributed by atoms with Gasteiger partial charge in [-0.05, 0) is 30.2 Å². The number of rotatable bonds is 5. The molecule has 0 bridgehead atoms. The number of halogens is 2. The van der Waals surface area contributed by atoms with Crippen LogP contribution in [-0.2, 0) is 22.6 Å². The van der Waals surface area contributed by atoms with Crippen molar-refractivity contribution in [2.45, 2.75) is 19.4 Å². The van der Waals surface area contributed by atoms with E-state index in [-0.39, 0.29) is 24.8 Å². The van der Waals surface area contributed by atoms with E-state index in [0.29, 0.717) is 11.6 Å². The number of aryl methyl sites for hydroxylation is 1. The van der Waals surface area contributed by atoms with Crippen molar-refractivity contribution in [2.75, 3.05) is 0 Å². The molecule has 0 aliphatic carbocycles. The van der Waals surface area contributed by atoms with E-state index in [2.05, 4.69) is 4.98 Å². The van der Waals surface area contributed by atoms with E-state index < -0.39 is 0 Å². The molecule has 0 atom stereocenters. The van der Waals surface area contributed by atoms with Crippen molar-refractivity contribution in [2.24, 2.45) is 0 Å². The number of aromatic nitrogens is 1. The highest BCUT2D eigenvalue weighted by Crippen LogP contribution is 2.09. The molecule has 2 rings (SSSR count). The van der Waals surface area contributed by atoms with Crippen molar-refractivity contribution in [1.29, 1.82) is 0 Å². The second-order valence-electron chi connectivity index (χ2n) is 4.28. The lowest BCUT2D eigenvalue weighted by molar-refractivity contribution is -0.144. The molecule has 2 aromatic rings. The molecule has 0 fully saturated rings. The predicted molar refractivity (Wildman–Crippen MR) is 73.8 cm³/mol. The fraction of sp³-hybridized carbons (Fsp3) is 0.200. The minimum atomic E-state index is -0.302. The Morgan fingerprint density at radius 2 is 1.85 bits per heavy atom. The summed E-state index contributed by atoms with van der Waals surface area (Å²) in [5.41, 5.74) is 1.68. The topological polar surface area (TPSA) is 39.2 Å². The molecule has 104 valence electrons. The molecule has 0 amide bonds. The highest BCUT2D eigenvalue weighted by atomic mass is 35.5. The maximum atomic E-state index is 12.7. The first-order valence-electron chi connectivity index (χ1n) is 6.14. The summed E-state index contributed by atoms with van der Waals surface area (Å²) in [6.07, 6.45) is 2.35. The number of hydrogen-bond acceptors (Lipinski definition) is 3. The van der Waals surface area contributed by atoms with Crippen LogP contribution in [0.5, 0.6) is 0 Å². The molecule has 0 spiro atoms. The smallest absolute Gasteiger partial charge is 0.306 e. The van der Waals surface area contributed by atoms with Crippen molar-refractivity contribution < 1.29 is 13.9 Å². The van der Waals surface area contributed by atoms with E-state index in [1.807, 2.05) is 0 Å². The Labute approximate surface area is 121 Å². The molecular weight excluding hydrogens is 281 g/mol. The van der Waals surface area contributed by atoms with Crippen LogP contribution < -0.4 is 0 Å². The molecule has 0 saturated carbocycles. The normalized spacial score (nSPS) is 10.3. The van der Waals surface area contributed by atoms with Gasteiger partial charge in [-0.2, -0.15) is 0 Å². The number of pyridine rings is 1. The molecular formula is C15H13ClFNO2. The van der Waals surface area contributed by atoms with E-state index in [4.69, 9.17) is 16.3 Å². The van der Waals surface area contributed by atoms with Crippen molar-refractivity contribution in [3.05, 3.63) is 64.7 Å². The van der Waals surface area contributed by atoms with E-state index in [1.165, 1.54) is 12.1 Å². The molecule has 0 radical (unpaired) electrons. The fourth-order valence-corrected chi connectivity index (χ4v) is 1.74. The van der Waals surface area contributed by atoms with Crippen molar-refractivity contribution in [3.63, 3.8) is 0 Å². The molecule has 1 heterocycles. The second-order valence-corrected chi connectivity index (χ2v) is 4.66. The molecule has 5 heteroatoms. The predicted octanol–water partition coefficient (Wildman–Crippen LogP) is 3.55. The van der Waals surface area contributed by atoms with Crippen LogP contribution in [0, 0.1) is 5.82 Å². The largest absolute Gasteiger partial charge is 0.461 e. The third-order valence-electron chi connectivity index (χ3n) is 2.72. The van der Waals surface area contributed by atoms with E-state index in [1.54, 1.807) is 30.5 Å². The zero-order chi connectivity index (χ0) is 14.4. The van der Waals surface area contributed by atoms with Gasteiger partial charge in [0.15, 0.2) is 0 Å². The summed E-state index contributed by atoms with van der Waals surface area (Å²) in [4.78, 5) is 15.5. The zero-order valence-corrected chi connectivity index (χ0v) is 11.4. The van der Waals surface area contributed by atoms with Crippen LogP contribution in [0.1, 0.15) is 17.5 Å². The van der Waals surface area contributed by atoms with Crippen LogP contribution in [0.4, 0.5) is 4.39 Å². The van der Waals surface area contributed by atoms with Crippen molar-refractivity contribution in [1.82, 2.24) is 4.98 Å². The lowest BCUT2D eigenvalue weighted by atomic mass is 10.1. The van der Waals surface area contributed by atoms with Crippen molar-refractivity contribution >= 4 is 17.6 Å². The SMILES string of the molecule is O=C(CCc1ccc(F)cc1)OCc1ccc(Cl)nc1. The minimum Gasteiger partial charge on any atom is -0.461 e. The summed E-state index contributed by atoms with van der Waals surface area (Å²) in [6, 6.07) is 9.46. The number of hydrogen-bond donors (Lipinski definition) is 0. The van der Waals surface area contributed by atoms with Crippen LogP contribution in [0.15, 0.2) is 42.6 Å². The molecule has 0 unspecified atom stereocenters. The summed E-state index contributed by atoms with van der Waals surface area (Å²) in [7, 11) is 0. The quantitative estimate of drug-likeness (QED) is 0.625. The average molecular weight is 294 g/mol. The molecule has 1 aromatic carbocycles. The van der Waals surface area contributed by atoms with Gasteiger partial charge in [-0.15, -0.1) is 0 Å². The molecule has 0 aliphatic rings. The molecule has 0 aliphatic heterocycles. The van der Waals surface area contributed by atoms with Gasteiger partial charge in [-0.25, -0.2) is 9.37 Å². The average Bonchev–Trinajstić information content (AvgIpc) is 2.46. The van der Waals surface area contributed by atoms with Crippen LogP contribution in [0.25, 0.3) is 0 Å². The Morgan fingerprint density at radius 3 is 2.50 bits per heavy atom. The summed E-state index contributed by atoms with van der Waals surface area (Å²) >= 11 is 5.66. The van der Waals surface area contributed by atoms with Crippen LogP contribution in [-0.4, -0.2) is 11.0 Å². The highest BCUT2D eigenvalue weighted by molar-refractivity contribution is 6.29. The maximum Gasteiger partial charge on any atom is 0.306 e. The lowest BCUT2D eigenvalue weighted by Gasteiger charge is -2.05. The molecule has 20 heavy (non-hydrogen) atoms. The number of carbonyl (C=O) groups excluding carboxylic acids is 1. The van der Waals surface area contributed by atoms with Gasteiger partial charge in [-0.1, -0.05) is 29.8 Å². The third kappa shape index (κ3) is 4.63. The molecule has 0 N–H and O–H groups in total. The van der Waals surface area contributed by atoms with Gasteiger partial charge in [0, 0.05) is 18.2 Å². The highest BCUT2D eigenvalue weighted by Gasteiger charge is 2.05. The summed E-state index contributed by atoms with van der Waals surface area (Å²) in [6.45, 7) is 0.173. The molecule has 3 nitrogen and oxygen atoms in total. The fourth-order valence-electron chi connectivity index (χ4n) is 1.63. The third-order valence-corrected chi connectivity index (χ3v) is 2.94. The summed E-state index contributed by atoms with van der Waals surface area (Å²) < 4.78 is 17.8. The first kappa shape index (κ1) is 14.5. The first-order valence-corrected chi connectivity index (χ1v) is 6.52. The van der Waals surface area contributed by atoms with Gasteiger partial charge in [0.25, 0.3) is 0 Å². The maximum absolute atomic E-state index is 12.7. The monoisotopic (exact) mass is 293 g/mol. The number of nitrogens with zero attached hydrogens (tertiary/aromatic N) is 1. The number of esters is 1. The Balaban J connectivity index is 1.75. The van der Waals surface area contributed by atoms with Crippen LogP contribution in [0.2, 0.25) is 5.15 Å². The molecule has 0 saturated heterocycles. The number of ether oxygens (including phenoxy) is 1. The van der Waals surface area contributed by atoms with Crippen molar-refractivity contribution in [3.8, 4) is 0 Å². The Bertz CT molecular complexity index is 518. The van der Waals surface area contributed by atoms with Gasteiger partial charge in [0.1, 0.15) is 17.6 Å². The zero-order valence-electron chi connectivity index (χ0n) is 10.7. The van der Waals surface area contributed by atoms with E-state index in [9.17, 15) is 9.18 Å². The Hall–Kier alpha value is -1.94. The molecule has 1 aromatic heterocycles.